The summed E-state index contributed by atoms with van der Waals surface area (Å²) < 4.78 is 29.9. The minimum absolute atomic E-state index is 0.0132. The van der Waals surface area contributed by atoms with Crippen LogP contribution < -0.4 is 9.64 Å². The van der Waals surface area contributed by atoms with Crippen LogP contribution in [0, 0.1) is 5.92 Å². The van der Waals surface area contributed by atoms with Crippen molar-refractivity contribution >= 4 is 33.0 Å². The second-order valence-electron chi connectivity index (χ2n) is 6.40. The summed E-state index contributed by atoms with van der Waals surface area (Å²) in [6.45, 7) is 0. The van der Waals surface area contributed by atoms with Crippen LogP contribution in [-0.2, 0) is 14.6 Å². The number of rotatable bonds is 3. The molecule has 130 valence electrons. The third-order valence-corrected chi connectivity index (χ3v) is 6.65. The molecule has 0 radical (unpaired) electrons. The maximum absolute atomic E-state index is 12.5. The number of para-hydroxylation sites is 1. The Morgan fingerprint density at radius 1 is 1.08 bits per heavy atom. The van der Waals surface area contributed by atoms with Crippen molar-refractivity contribution in [2.75, 3.05) is 16.4 Å². The van der Waals surface area contributed by atoms with Gasteiger partial charge in [-0.1, -0.05) is 29.8 Å². The largest absolute Gasteiger partial charge is 0.455 e. The summed E-state index contributed by atoms with van der Waals surface area (Å²) >= 11 is 6.13. The van der Waals surface area contributed by atoms with Gasteiger partial charge in [-0.15, -0.1) is 0 Å². The normalized spacial score (nSPS) is 24.4. The number of halogens is 1. The predicted molar refractivity (Wildman–Crippen MR) is 96.0 cm³/mol. The van der Waals surface area contributed by atoms with Crippen molar-refractivity contribution in [2.45, 2.75) is 12.5 Å². The number of carbonyl (C=O) groups is 1. The van der Waals surface area contributed by atoms with Gasteiger partial charge in [0.1, 0.15) is 5.75 Å². The molecule has 0 saturated carbocycles. The van der Waals surface area contributed by atoms with E-state index in [1.54, 1.807) is 23.1 Å². The van der Waals surface area contributed by atoms with Crippen molar-refractivity contribution in [3.63, 3.8) is 0 Å². The quantitative estimate of drug-likeness (QED) is 0.823. The summed E-state index contributed by atoms with van der Waals surface area (Å²) in [5.74, 6) is 0.907. The third kappa shape index (κ3) is 3.12. The molecule has 2 atom stereocenters. The first-order valence-electron chi connectivity index (χ1n) is 7.98. The van der Waals surface area contributed by atoms with E-state index in [1.165, 1.54) is 0 Å². The van der Waals surface area contributed by atoms with Crippen LogP contribution in [-0.4, -0.2) is 31.9 Å². The Bertz CT molecular complexity index is 929. The number of amides is 1. The van der Waals surface area contributed by atoms with Gasteiger partial charge < -0.3 is 9.64 Å². The van der Waals surface area contributed by atoms with Gasteiger partial charge in [0.05, 0.1) is 23.2 Å². The fraction of sp³-hybridized carbons (Fsp3) is 0.278. The monoisotopic (exact) mass is 377 g/mol. The molecule has 7 heteroatoms. The topological polar surface area (TPSA) is 63.7 Å². The van der Waals surface area contributed by atoms with Crippen molar-refractivity contribution < 1.29 is 17.9 Å². The molecule has 25 heavy (non-hydrogen) atoms. The smallest absolute Gasteiger partial charge is 0.227 e. The molecule has 2 heterocycles. The van der Waals surface area contributed by atoms with E-state index in [-0.39, 0.29) is 35.8 Å². The van der Waals surface area contributed by atoms with Gasteiger partial charge >= 0.3 is 0 Å². The van der Waals surface area contributed by atoms with E-state index in [0.717, 1.165) is 0 Å². The standard InChI is InChI=1S/C18H16ClNO4S/c19-13-6-7-17(24-14-4-2-1-3-5-14)15(9-13)20-16-11-25(22,23)10-12(16)8-18(20)21/h1-7,9,12,16H,8,10-11H2/t12-,16+/m0/s1. The highest BCUT2D eigenvalue weighted by molar-refractivity contribution is 7.91. The summed E-state index contributed by atoms with van der Waals surface area (Å²) in [6, 6.07) is 13.9. The number of nitrogens with zero attached hydrogens (tertiary/aromatic N) is 1. The van der Waals surface area contributed by atoms with Gasteiger partial charge in [-0.25, -0.2) is 8.42 Å². The zero-order chi connectivity index (χ0) is 17.6. The van der Waals surface area contributed by atoms with E-state index in [0.29, 0.717) is 22.2 Å². The Morgan fingerprint density at radius 3 is 2.60 bits per heavy atom. The number of fused-ring (bicyclic) bond motifs is 1. The van der Waals surface area contributed by atoms with Crippen molar-refractivity contribution in [1.29, 1.82) is 0 Å². The molecule has 2 aromatic carbocycles. The number of carbonyl (C=O) groups excluding carboxylic acids is 1. The van der Waals surface area contributed by atoms with Crippen molar-refractivity contribution in [2.24, 2.45) is 5.92 Å². The number of hydrogen-bond donors (Lipinski definition) is 0. The van der Waals surface area contributed by atoms with E-state index in [9.17, 15) is 13.2 Å². The predicted octanol–water partition coefficient (Wildman–Crippen LogP) is 3.28. The van der Waals surface area contributed by atoms with E-state index in [2.05, 4.69) is 0 Å². The van der Waals surface area contributed by atoms with Gasteiger partial charge in [0.2, 0.25) is 5.91 Å². The van der Waals surface area contributed by atoms with E-state index < -0.39 is 9.84 Å². The van der Waals surface area contributed by atoms with Gasteiger partial charge in [-0.05, 0) is 30.3 Å². The highest BCUT2D eigenvalue weighted by Gasteiger charge is 2.49. The number of sulfone groups is 1. The van der Waals surface area contributed by atoms with Crippen LogP contribution >= 0.6 is 11.6 Å². The molecule has 0 aromatic heterocycles. The maximum atomic E-state index is 12.5. The Labute approximate surface area is 151 Å². The highest BCUT2D eigenvalue weighted by atomic mass is 35.5. The van der Waals surface area contributed by atoms with E-state index in [1.807, 2.05) is 30.3 Å². The molecular formula is C18H16ClNO4S. The molecule has 2 fully saturated rings. The van der Waals surface area contributed by atoms with Crippen LogP contribution in [0.5, 0.6) is 11.5 Å². The zero-order valence-corrected chi connectivity index (χ0v) is 14.8. The number of anilines is 1. The molecule has 2 aromatic rings. The Hall–Kier alpha value is -2.05. The molecule has 0 N–H and O–H groups in total. The summed E-state index contributed by atoms with van der Waals surface area (Å²) in [5, 5.41) is 0.465. The molecule has 0 unspecified atom stereocenters. The fourth-order valence-electron chi connectivity index (χ4n) is 3.58. The Balaban J connectivity index is 1.74. The molecule has 2 aliphatic rings. The van der Waals surface area contributed by atoms with Crippen LogP contribution in [0.15, 0.2) is 48.5 Å². The lowest BCUT2D eigenvalue weighted by molar-refractivity contribution is -0.117. The van der Waals surface area contributed by atoms with E-state index in [4.69, 9.17) is 16.3 Å². The first-order valence-corrected chi connectivity index (χ1v) is 10.2. The highest BCUT2D eigenvalue weighted by Crippen LogP contribution is 2.43. The lowest BCUT2D eigenvalue weighted by atomic mass is 10.0. The first-order chi connectivity index (χ1) is 11.9. The van der Waals surface area contributed by atoms with Crippen LogP contribution in [0.25, 0.3) is 0 Å². The third-order valence-electron chi connectivity index (χ3n) is 4.63. The minimum atomic E-state index is -3.12. The molecule has 2 aliphatic heterocycles. The van der Waals surface area contributed by atoms with Gasteiger partial charge in [0.15, 0.2) is 15.6 Å². The molecule has 0 bridgehead atoms. The van der Waals surface area contributed by atoms with Gasteiger partial charge in [-0.3, -0.25) is 4.79 Å². The summed E-state index contributed by atoms with van der Waals surface area (Å²) in [7, 11) is -3.12. The average molecular weight is 378 g/mol. The molecule has 1 amide bonds. The number of hydrogen-bond acceptors (Lipinski definition) is 4. The number of ether oxygens (including phenoxy) is 1. The molecule has 4 rings (SSSR count). The summed E-state index contributed by atoms with van der Waals surface area (Å²) in [5.41, 5.74) is 0.519. The molecule has 2 saturated heterocycles. The van der Waals surface area contributed by atoms with Gasteiger partial charge in [0.25, 0.3) is 0 Å². The van der Waals surface area contributed by atoms with Crippen LogP contribution in [0.1, 0.15) is 6.42 Å². The molecular weight excluding hydrogens is 362 g/mol. The van der Waals surface area contributed by atoms with E-state index >= 15 is 0 Å². The van der Waals surface area contributed by atoms with Gasteiger partial charge in [0, 0.05) is 17.4 Å². The average Bonchev–Trinajstić information content (AvgIpc) is 3.00. The first kappa shape index (κ1) is 16.4. The SMILES string of the molecule is O=C1C[C@H]2CS(=O)(=O)C[C@H]2N1c1cc(Cl)ccc1Oc1ccccc1. The molecule has 5 nitrogen and oxygen atoms in total. The van der Waals surface area contributed by atoms with Crippen LogP contribution in [0.3, 0.4) is 0 Å². The zero-order valence-electron chi connectivity index (χ0n) is 13.3. The van der Waals surface area contributed by atoms with Crippen molar-refractivity contribution in [3.8, 4) is 11.5 Å². The van der Waals surface area contributed by atoms with Crippen molar-refractivity contribution in [3.05, 3.63) is 53.6 Å². The Morgan fingerprint density at radius 2 is 1.84 bits per heavy atom. The lowest BCUT2D eigenvalue weighted by Gasteiger charge is -2.25. The van der Waals surface area contributed by atoms with Crippen LogP contribution in [0.2, 0.25) is 5.02 Å². The number of benzene rings is 2. The van der Waals surface area contributed by atoms with Crippen molar-refractivity contribution in [1.82, 2.24) is 0 Å². The summed E-state index contributed by atoms with van der Waals surface area (Å²) in [6.07, 6.45) is 0.237. The lowest BCUT2D eigenvalue weighted by Crippen LogP contribution is -2.36. The second-order valence-corrected chi connectivity index (χ2v) is 8.99. The second kappa shape index (κ2) is 6.04. The fourth-order valence-corrected chi connectivity index (χ4v) is 5.82. The molecule has 0 spiro atoms. The van der Waals surface area contributed by atoms with Gasteiger partial charge in [-0.2, -0.15) is 0 Å². The maximum Gasteiger partial charge on any atom is 0.227 e. The van der Waals surface area contributed by atoms with Crippen LogP contribution in [0.4, 0.5) is 5.69 Å². The molecule has 0 aliphatic carbocycles. The summed E-state index contributed by atoms with van der Waals surface area (Å²) in [4.78, 5) is 14.1. The minimum Gasteiger partial charge on any atom is -0.455 e. The Kier molecular flexibility index (Phi) is 3.96.